The molecule has 0 aromatic carbocycles. The molecule has 0 saturated heterocycles. The fourth-order valence-electron chi connectivity index (χ4n) is 1.08. The zero-order valence-electron chi connectivity index (χ0n) is 7.70. The molecule has 0 heterocycles. The summed E-state index contributed by atoms with van der Waals surface area (Å²) in [5.41, 5.74) is 0. The highest BCUT2D eigenvalue weighted by molar-refractivity contribution is 14.1. The van der Waals surface area contributed by atoms with Crippen molar-refractivity contribution in [2.75, 3.05) is 17.5 Å². The van der Waals surface area contributed by atoms with Crippen LogP contribution in [0.5, 0.6) is 0 Å². The van der Waals surface area contributed by atoms with Crippen molar-refractivity contribution in [1.29, 1.82) is 0 Å². The number of rotatable bonds is 7. The van der Waals surface area contributed by atoms with E-state index in [0.717, 1.165) is 5.92 Å². The first-order valence-electron chi connectivity index (χ1n) is 4.61. The molecule has 0 radical (unpaired) electrons. The van der Waals surface area contributed by atoms with Crippen molar-refractivity contribution < 1.29 is 0 Å². The molecule has 0 fully saturated rings. The Morgan fingerprint density at radius 3 is 2.36 bits per heavy atom. The van der Waals surface area contributed by atoms with Gasteiger partial charge in [0.1, 0.15) is 0 Å². The Hall–Kier alpha value is 0.690. The summed E-state index contributed by atoms with van der Waals surface area (Å²) in [6.45, 7) is 6.95. The summed E-state index contributed by atoms with van der Waals surface area (Å²) in [4.78, 5) is 0. The zero-order valence-corrected chi connectivity index (χ0v) is 9.86. The highest BCUT2D eigenvalue weighted by atomic mass is 127. The Labute approximate surface area is 84.5 Å². The molecular formula is C9H20IN. The van der Waals surface area contributed by atoms with Gasteiger partial charge in [-0.1, -0.05) is 49.3 Å². The van der Waals surface area contributed by atoms with Gasteiger partial charge in [-0.2, -0.15) is 0 Å². The van der Waals surface area contributed by atoms with Crippen molar-refractivity contribution >= 4 is 22.6 Å². The highest BCUT2D eigenvalue weighted by Gasteiger charge is 2.00. The average Bonchev–Trinajstić information content (AvgIpc) is 2.05. The van der Waals surface area contributed by atoms with Crippen LogP contribution in [0.1, 0.15) is 33.1 Å². The highest BCUT2D eigenvalue weighted by Crippen LogP contribution is 2.04. The zero-order chi connectivity index (χ0) is 8.53. The summed E-state index contributed by atoms with van der Waals surface area (Å²) < 4.78 is 1.27. The Morgan fingerprint density at radius 2 is 1.91 bits per heavy atom. The molecule has 0 unspecified atom stereocenters. The van der Waals surface area contributed by atoms with Crippen molar-refractivity contribution in [1.82, 2.24) is 5.32 Å². The summed E-state index contributed by atoms with van der Waals surface area (Å²) in [7, 11) is 0. The molecule has 2 heteroatoms. The molecule has 0 saturated carbocycles. The lowest BCUT2D eigenvalue weighted by Crippen LogP contribution is -2.23. The summed E-state index contributed by atoms with van der Waals surface area (Å²) >= 11 is 2.42. The molecular weight excluding hydrogens is 249 g/mol. The number of hydrogen-bond donors (Lipinski definition) is 1. The lowest BCUT2D eigenvalue weighted by Gasteiger charge is -2.12. The maximum Gasteiger partial charge on any atom is 0.000735 e. The Morgan fingerprint density at radius 1 is 1.27 bits per heavy atom. The van der Waals surface area contributed by atoms with E-state index in [2.05, 4.69) is 41.8 Å². The van der Waals surface area contributed by atoms with Crippen LogP contribution in [0.3, 0.4) is 0 Å². The van der Waals surface area contributed by atoms with Crippen LogP contribution in [0.25, 0.3) is 0 Å². The summed E-state index contributed by atoms with van der Waals surface area (Å²) in [5.74, 6) is 0.893. The standard InChI is InChI=1S/C9H20IN/c1-3-9(4-2)8-11-7-5-6-10/h9,11H,3-8H2,1-2H3. The lowest BCUT2D eigenvalue weighted by molar-refractivity contribution is 0.451. The Bertz CT molecular complexity index is 72.0. The van der Waals surface area contributed by atoms with Crippen LogP contribution in [-0.4, -0.2) is 17.5 Å². The molecule has 0 amide bonds. The largest absolute Gasteiger partial charge is 0.316 e. The second-order valence-corrected chi connectivity index (χ2v) is 4.01. The first-order valence-corrected chi connectivity index (χ1v) is 6.14. The van der Waals surface area contributed by atoms with E-state index >= 15 is 0 Å². The topological polar surface area (TPSA) is 12.0 Å². The molecule has 0 aliphatic carbocycles. The third kappa shape index (κ3) is 7.06. The third-order valence-corrected chi connectivity index (χ3v) is 2.84. The number of hydrogen-bond acceptors (Lipinski definition) is 1. The van der Waals surface area contributed by atoms with Gasteiger partial charge in [-0.3, -0.25) is 0 Å². The minimum absolute atomic E-state index is 0.893. The summed E-state index contributed by atoms with van der Waals surface area (Å²) in [6, 6.07) is 0. The fraction of sp³-hybridized carbons (Fsp3) is 1.00. The number of nitrogens with one attached hydrogen (secondary N) is 1. The van der Waals surface area contributed by atoms with Crippen molar-refractivity contribution in [2.24, 2.45) is 5.92 Å². The first kappa shape index (κ1) is 11.7. The van der Waals surface area contributed by atoms with Gasteiger partial charge >= 0.3 is 0 Å². The predicted octanol–water partition coefficient (Wildman–Crippen LogP) is 2.84. The number of halogens is 1. The SMILES string of the molecule is CCC(CC)CNCCCI. The molecule has 11 heavy (non-hydrogen) atoms. The maximum atomic E-state index is 3.48. The van der Waals surface area contributed by atoms with E-state index in [0.29, 0.717) is 0 Å². The summed E-state index contributed by atoms with van der Waals surface area (Å²) in [5, 5.41) is 3.48. The Kier molecular flexibility index (Phi) is 9.33. The van der Waals surface area contributed by atoms with Crippen LogP contribution in [-0.2, 0) is 0 Å². The van der Waals surface area contributed by atoms with Gasteiger partial charge in [0, 0.05) is 4.43 Å². The molecule has 1 nitrogen and oxygen atoms in total. The summed E-state index contributed by atoms with van der Waals surface area (Å²) in [6.07, 6.45) is 3.93. The van der Waals surface area contributed by atoms with E-state index in [-0.39, 0.29) is 0 Å². The van der Waals surface area contributed by atoms with Crippen molar-refractivity contribution in [3.63, 3.8) is 0 Å². The normalized spacial score (nSPS) is 10.9. The minimum atomic E-state index is 0.893. The first-order chi connectivity index (χ1) is 5.35. The van der Waals surface area contributed by atoms with E-state index in [9.17, 15) is 0 Å². The fourth-order valence-corrected chi connectivity index (χ4v) is 1.46. The van der Waals surface area contributed by atoms with Gasteiger partial charge in [0.2, 0.25) is 0 Å². The second-order valence-electron chi connectivity index (χ2n) is 2.93. The molecule has 68 valence electrons. The smallest absolute Gasteiger partial charge is 0.000735 e. The van der Waals surface area contributed by atoms with Crippen LogP contribution in [0.2, 0.25) is 0 Å². The van der Waals surface area contributed by atoms with Gasteiger partial charge in [0.25, 0.3) is 0 Å². The van der Waals surface area contributed by atoms with Crippen LogP contribution >= 0.6 is 22.6 Å². The van der Waals surface area contributed by atoms with Gasteiger partial charge in [0.15, 0.2) is 0 Å². The maximum absolute atomic E-state index is 3.48. The molecule has 0 aliphatic rings. The molecule has 0 rings (SSSR count). The van der Waals surface area contributed by atoms with Gasteiger partial charge in [0.05, 0.1) is 0 Å². The number of alkyl halides is 1. The molecule has 0 spiro atoms. The van der Waals surface area contributed by atoms with Gasteiger partial charge < -0.3 is 5.32 Å². The van der Waals surface area contributed by atoms with E-state index in [1.54, 1.807) is 0 Å². The van der Waals surface area contributed by atoms with Crippen molar-refractivity contribution in [2.45, 2.75) is 33.1 Å². The van der Waals surface area contributed by atoms with Crippen LogP contribution in [0.4, 0.5) is 0 Å². The van der Waals surface area contributed by atoms with E-state index in [1.165, 1.54) is 36.8 Å². The van der Waals surface area contributed by atoms with E-state index < -0.39 is 0 Å². The van der Waals surface area contributed by atoms with Crippen molar-refractivity contribution in [3.8, 4) is 0 Å². The molecule has 0 aromatic rings. The van der Waals surface area contributed by atoms with E-state index in [4.69, 9.17) is 0 Å². The molecule has 0 aromatic heterocycles. The second kappa shape index (κ2) is 8.78. The Balaban J connectivity index is 3.07. The third-order valence-electron chi connectivity index (χ3n) is 2.07. The van der Waals surface area contributed by atoms with Gasteiger partial charge in [-0.05, 0) is 25.4 Å². The molecule has 1 N–H and O–H groups in total. The van der Waals surface area contributed by atoms with Gasteiger partial charge in [-0.15, -0.1) is 0 Å². The molecule has 0 bridgehead atoms. The average molecular weight is 269 g/mol. The van der Waals surface area contributed by atoms with E-state index in [1.807, 2.05) is 0 Å². The monoisotopic (exact) mass is 269 g/mol. The van der Waals surface area contributed by atoms with Crippen molar-refractivity contribution in [3.05, 3.63) is 0 Å². The van der Waals surface area contributed by atoms with Crippen LogP contribution in [0.15, 0.2) is 0 Å². The predicted molar refractivity (Wildman–Crippen MR) is 60.4 cm³/mol. The van der Waals surface area contributed by atoms with Crippen LogP contribution < -0.4 is 5.32 Å². The van der Waals surface area contributed by atoms with Gasteiger partial charge in [-0.25, -0.2) is 0 Å². The molecule has 0 atom stereocenters. The molecule has 0 aliphatic heterocycles. The minimum Gasteiger partial charge on any atom is -0.316 e. The lowest BCUT2D eigenvalue weighted by atomic mass is 10.0. The quantitative estimate of drug-likeness (QED) is 0.426. The van der Waals surface area contributed by atoms with Crippen LogP contribution in [0, 0.1) is 5.92 Å².